The van der Waals surface area contributed by atoms with Crippen LogP contribution in [0.5, 0.6) is 0 Å². The van der Waals surface area contributed by atoms with E-state index < -0.39 is 0 Å². The summed E-state index contributed by atoms with van der Waals surface area (Å²) in [4.78, 5) is 11.0. The van der Waals surface area contributed by atoms with Crippen molar-refractivity contribution in [3.05, 3.63) is 59.9 Å². The summed E-state index contributed by atoms with van der Waals surface area (Å²) in [5.41, 5.74) is 2.45. The molecule has 1 heterocycles. The predicted octanol–water partition coefficient (Wildman–Crippen LogP) is 4.13. The van der Waals surface area contributed by atoms with E-state index in [1.165, 1.54) is 30.8 Å². The van der Waals surface area contributed by atoms with Crippen LogP contribution in [-0.4, -0.2) is 16.1 Å². The Bertz CT molecular complexity index is 832. The van der Waals surface area contributed by atoms with Crippen molar-refractivity contribution in [1.82, 2.24) is 10.2 Å². The van der Waals surface area contributed by atoms with Crippen molar-refractivity contribution in [2.45, 2.75) is 17.9 Å². The number of nitrogens with zero attached hydrogens (tertiary/aromatic N) is 2. The van der Waals surface area contributed by atoms with Gasteiger partial charge < -0.3 is 9.73 Å². The maximum Gasteiger partial charge on any atom is 0.277 e. The lowest BCUT2D eigenvalue weighted by Crippen LogP contribution is -2.05. The first-order valence-electron chi connectivity index (χ1n) is 7.19. The zero-order valence-corrected chi connectivity index (χ0v) is 13.6. The van der Waals surface area contributed by atoms with E-state index in [4.69, 9.17) is 4.42 Å². The smallest absolute Gasteiger partial charge is 0.277 e. The number of nitrogens with one attached hydrogen (secondary N) is 1. The van der Waals surface area contributed by atoms with E-state index in [9.17, 15) is 9.18 Å². The molecule has 0 spiro atoms. The summed E-state index contributed by atoms with van der Waals surface area (Å²) in [5.74, 6) is 0.640. The van der Waals surface area contributed by atoms with Crippen molar-refractivity contribution in [1.29, 1.82) is 0 Å². The molecule has 0 aliphatic carbocycles. The fourth-order valence-corrected chi connectivity index (χ4v) is 2.73. The van der Waals surface area contributed by atoms with E-state index in [0.717, 1.165) is 11.1 Å². The highest BCUT2D eigenvalue weighted by Gasteiger charge is 2.09. The third-order valence-electron chi connectivity index (χ3n) is 3.13. The van der Waals surface area contributed by atoms with Gasteiger partial charge in [-0.1, -0.05) is 23.9 Å². The number of carbonyl (C=O) groups is 1. The summed E-state index contributed by atoms with van der Waals surface area (Å²) in [6, 6.07) is 13.4. The van der Waals surface area contributed by atoms with Crippen LogP contribution >= 0.6 is 11.8 Å². The summed E-state index contributed by atoms with van der Waals surface area (Å²) < 4.78 is 18.5. The Morgan fingerprint density at radius 2 is 1.83 bits per heavy atom. The lowest BCUT2D eigenvalue weighted by Gasteiger charge is -2.01. The van der Waals surface area contributed by atoms with Crippen LogP contribution < -0.4 is 5.32 Å². The predicted molar refractivity (Wildman–Crippen MR) is 90.0 cm³/mol. The number of rotatable bonds is 5. The van der Waals surface area contributed by atoms with E-state index >= 15 is 0 Å². The Balaban J connectivity index is 1.64. The minimum Gasteiger partial charge on any atom is -0.411 e. The van der Waals surface area contributed by atoms with Gasteiger partial charge in [-0.25, -0.2) is 4.39 Å². The molecule has 0 fully saturated rings. The van der Waals surface area contributed by atoms with Gasteiger partial charge in [0.05, 0.1) is 0 Å². The summed E-state index contributed by atoms with van der Waals surface area (Å²) in [6.45, 7) is 1.45. The number of anilines is 1. The van der Waals surface area contributed by atoms with Crippen molar-refractivity contribution in [2.24, 2.45) is 0 Å². The van der Waals surface area contributed by atoms with E-state index in [2.05, 4.69) is 15.5 Å². The quantitative estimate of drug-likeness (QED) is 0.706. The molecule has 5 nitrogen and oxygen atoms in total. The van der Waals surface area contributed by atoms with Crippen LogP contribution in [0.1, 0.15) is 12.5 Å². The van der Waals surface area contributed by atoms with Gasteiger partial charge in [0.2, 0.25) is 11.8 Å². The number of halogens is 1. The average Bonchev–Trinajstić information content (AvgIpc) is 3.03. The Labute approximate surface area is 142 Å². The topological polar surface area (TPSA) is 68.0 Å². The van der Waals surface area contributed by atoms with Gasteiger partial charge in [-0.3, -0.25) is 4.79 Å². The summed E-state index contributed by atoms with van der Waals surface area (Å²) in [7, 11) is 0. The SMILES string of the molecule is CC(=O)Nc1ccc(-c2nnc(SCc3ccc(F)cc3)o2)cc1. The first-order chi connectivity index (χ1) is 11.6. The Morgan fingerprint density at radius 1 is 1.12 bits per heavy atom. The molecular formula is C17H14FN3O2S. The minimum absolute atomic E-state index is 0.125. The Morgan fingerprint density at radius 3 is 2.50 bits per heavy atom. The molecule has 0 saturated carbocycles. The number of carbonyl (C=O) groups excluding carboxylic acids is 1. The van der Waals surface area contributed by atoms with Crippen LogP contribution in [0.4, 0.5) is 10.1 Å². The van der Waals surface area contributed by atoms with Gasteiger partial charge in [-0.15, -0.1) is 10.2 Å². The lowest BCUT2D eigenvalue weighted by molar-refractivity contribution is -0.114. The number of aromatic nitrogens is 2. The van der Waals surface area contributed by atoms with Gasteiger partial charge in [0.15, 0.2) is 0 Å². The second-order valence-electron chi connectivity index (χ2n) is 5.05. The third-order valence-corrected chi connectivity index (χ3v) is 4.02. The van der Waals surface area contributed by atoms with Crippen molar-refractivity contribution in [3.63, 3.8) is 0 Å². The molecule has 1 N–H and O–H groups in total. The van der Waals surface area contributed by atoms with Crippen molar-refractivity contribution >= 4 is 23.4 Å². The highest BCUT2D eigenvalue weighted by Crippen LogP contribution is 2.26. The van der Waals surface area contributed by atoms with Crippen LogP contribution in [0.3, 0.4) is 0 Å². The van der Waals surface area contributed by atoms with Crippen LogP contribution in [0.15, 0.2) is 58.2 Å². The molecule has 7 heteroatoms. The van der Waals surface area contributed by atoms with Crippen LogP contribution in [0.2, 0.25) is 0 Å². The first kappa shape index (κ1) is 16.2. The summed E-state index contributed by atoms with van der Waals surface area (Å²) >= 11 is 1.39. The molecule has 1 amide bonds. The molecule has 0 bridgehead atoms. The van der Waals surface area contributed by atoms with Crippen LogP contribution in [-0.2, 0) is 10.5 Å². The highest BCUT2D eigenvalue weighted by atomic mass is 32.2. The largest absolute Gasteiger partial charge is 0.411 e. The van der Waals surface area contributed by atoms with Crippen LogP contribution in [0, 0.1) is 5.82 Å². The number of thioether (sulfide) groups is 1. The number of hydrogen-bond donors (Lipinski definition) is 1. The van der Waals surface area contributed by atoms with E-state index in [-0.39, 0.29) is 11.7 Å². The zero-order chi connectivity index (χ0) is 16.9. The van der Waals surface area contributed by atoms with E-state index in [1.807, 2.05) is 0 Å². The lowest BCUT2D eigenvalue weighted by atomic mass is 10.2. The van der Waals surface area contributed by atoms with Crippen molar-refractivity contribution < 1.29 is 13.6 Å². The fourth-order valence-electron chi connectivity index (χ4n) is 2.01. The number of amides is 1. The zero-order valence-electron chi connectivity index (χ0n) is 12.8. The molecule has 0 unspecified atom stereocenters. The molecule has 122 valence electrons. The molecular weight excluding hydrogens is 329 g/mol. The molecule has 0 aliphatic rings. The summed E-state index contributed by atoms with van der Waals surface area (Å²) in [6.07, 6.45) is 0. The second kappa shape index (κ2) is 7.27. The standard InChI is InChI=1S/C17H14FN3O2S/c1-11(22)19-15-8-4-13(5-9-15)16-20-21-17(23-16)24-10-12-2-6-14(18)7-3-12/h2-9H,10H2,1H3,(H,19,22). The van der Waals surface area contributed by atoms with Gasteiger partial charge in [-0.05, 0) is 42.0 Å². The molecule has 3 rings (SSSR count). The Kier molecular flexibility index (Phi) is 4.90. The third kappa shape index (κ3) is 4.20. The number of hydrogen-bond acceptors (Lipinski definition) is 5. The van der Waals surface area contributed by atoms with Crippen LogP contribution in [0.25, 0.3) is 11.5 Å². The van der Waals surface area contributed by atoms with Crippen molar-refractivity contribution in [3.8, 4) is 11.5 Å². The minimum atomic E-state index is -0.258. The fraction of sp³-hybridized carbons (Fsp3) is 0.118. The molecule has 0 atom stereocenters. The molecule has 0 saturated heterocycles. The van der Waals surface area contributed by atoms with Gasteiger partial charge in [0.25, 0.3) is 5.22 Å². The average molecular weight is 343 g/mol. The monoisotopic (exact) mass is 343 g/mol. The maximum absolute atomic E-state index is 12.9. The Hall–Kier alpha value is -2.67. The molecule has 2 aromatic carbocycles. The first-order valence-corrected chi connectivity index (χ1v) is 8.17. The maximum atomic E-state index is 12.9. The molecule has 24 heavy (non-hydrogen) atoms. The summed E-state index contributed by atoms with van der Waals surface area (Å²) in [5, 5.41) is 11.2. The highest BCUT2D eigenvalue weighted by molar-refractivity contribution is 7.98. The molecule has 0 radical (unpaired) electrons. The molecule has 3 aromatic rings. The molecule has 0 aliphatic heterocycles. The molecule has 1 aromatic heterocycles. The van der Waals surface area contributed by atoms with Gasteiger partial charge >= 0.3 is 0 Å². The normalized spacial score (nSPS) is 10.6. The second-order valence-corrected chi connectivity index (χ2v) is 5.97. The van der Waals surface area contributed by atoms with E-state index in [1.54, 1.807) is 36.4 Å². The van der Waals surface area contributed by atoms with E-state index in [0.29, 0.717) is 22.6 Å². The van der Waals surface area contributed by atoms with Gasteiger partial charge in [-0.2, -0.15) is 0 Å². The number of benzene rings is 2. The van der Waals surface area contributed by atoms with Gasteiger partial charge in [0.1, 0.15) is 5.82 Å². The van der Waals surface area contributed by atoms with Gasteiger partial charge in [0, 0.05) is 23.9 Å². The van der Waals surface area contributed by atoms with Crippen molar-refractivity contribution in [2.75, 3.05) is 5.32 Å².